The molecule has 0 atom stereocenters. The number of carbonyl (C=O) groups excluding carboxylic acids is 1. The second-order valence-corrected chi connectivity index (χ2v) is 11.9. The van der Waals surface area contributed by atoms with E-state index < -0.39 is 0 Å². The summed E-state index contributed by atoms with van der Waals surface area (Å²) in [5.41, 5.74) is 4.98. The Balaban J connectivity index is 2.41. The number of hydrogen-bond donors (Lipinski definition) is 2. The van der Waals surface area contributed by atoms with Crippen LogP contribution in [0.2, 0.25) is 0 Å². The molecule has 0 amide bonds. The summed E-state index contributed by atoms with van der Waals surface area (Å²) in [5.74, 6) is 0.793. The molecule has 0 saturated heterocycles. The van der Waals surface area contributed by atoms with Crippen LogP contribution in [0.5, 0.6) is 11.5 Å². The van der Waals surface area contributed by atoms with Crippen molar-refractivity contribution in [1.82, 2.24) is 0 Å². The van der Waals surface area contributed by atoms with Gasteiger partial charge < -0.3 is 10.2 Å². The van der Waals surface area contributed by atoms with Crippen LogP contribution in [0.1, 0.15) is 169 Å². The molecule has 0 aliphatic carbocycles. The monoisotopic (exact) mass is 550 g/mol. The van der Waals surface area contributed by atoms with Crippen molar-refractivity contribution < 1.29 is 15.0 Å². The number of hydrogen-bond acceptors (Lipinski definition) is 3. The average molecular weight is 551 g/mol. The summed E-state index contributed by atoms with van der Waals surface area (Å²) in [4.78, 5) is 14.0. The molecule has 40 heavy (non-hydrogen) atoms. The lowest BCUT2D eigenvalue weighted by atomic mass is 9.90. The molecular weight excluding hydrogens is 492 g/mol. The Kier molecular flexibility index (Phi) is 16.7. The summed E-state index contributed by atoms with van der Waals surface area (Å²) in [7, 11) is 0. The summed E-state index contributed by atoms with van der Waals surface area (Å²) in [6.07, 6.45) is 21.3. The number of rotatable bonds is 22. The Labute approximate surface area is 245 Å². The van der Waals surface area contributed by atoms with E-state index in [1.807, 2.05) is 24.3 Å². The summed E-state index contributed by atoms with van der Waals surface area (Å²) >= 11 is 0. The maximum absolute atomic E-state index is 14.0. The number of phenols is 2. The van der Waals surface area contributed by atoms with Gasteiger partial charge in [-0.15, -0.1) is 0 Å². The summed E-state index contributed by atoms with van der Waals surface area (Å²) in [5, 5.41) is 22.3. The van der Waals surface area contributed by atoms with Crippen molar-refractivity contribution in [3.63, 3.8) is 0 Å². The van der Waals surface area contributed by atoms with Crippen molar-refractivity contribution in [2.24, 2.45) is 0 Å². The molecule has 0 heterocycles. The standard InChI is InChI=1S/C37H58O3/c1-5-9-13-17-21-29-25-33(26-30(35(29)38)22-18-14-10-6-2)37(40)34-27-31(23-19-15-11-7-3)36(39)32(28-34)24-20-16-12-8-4/h25-28,38-39H,5-24H2,1-4H3. The first-order valence-corrected chi connectivity index (χ1v) is 16.7. The van der Waals surface area contributed by atoms with Gasteiger partial charge in [-0.05, 0) is 97.9 Å². The van der Waals surface area contributed by atoms with Crippen LogP contribution < -0.4 is 0 Å². The highest BCUT2D eigenvalue weighted by Gasteiger charge is 2.19. The Bertz CT molecular complexity index is 861. The summed E-state index contributed by atoms with van der Waals surface area (Å²) in [6, 6.07) is 7.75. The SMILES string of the molecule is CCCCCCc1cc(C(=O)c2cc(CCCCCC)c(O)c(CCCCCC)c2)cc(CCCCCC)c1O. The van der Waals surface area contributed by atoms with Gasteiger partial charge in [0.2, 0.25) is 0 Å². The molecule has 224 valence electrons. The first-order chi connectivity index (χ1) is 19.5. The van der Waals surface area contributed by atoms with Gasteiger partial charge in [-0.2, -0.15) is 0 Å². The van der Waals surface area contributed by atoms with E-state index in [4.69, 9.17) is 0 Å². The van der Waals surface area contributed by atoms with Gasteiger partial charge in [0, 0.05) is 11.1 Å². The van der Waals surface area contributed by atoms with Crippen LogP contribution >= 0.6 is 0 Å². The zero-order valence-electron chi connectivity index (χ0n) is 26.3. The van der Waals surface area contributed by atoms with E-state index in [9.17, 15) is 15.0 Å². The molecule has 2 rings (SSSR count). The summed E-state index contributed by atoms with van der Waals surface area (Å²) < 4.78 is 0. The van der Waals surface area contributed by atoms with Crippen molar-refractivity contribution in [1.29, 1.82) is 0 Å². The topological polar surface area (TPSA) is 57.5 Å². The van der Waals surface area contributed by atoms with Gasteiger partial charge >= 0.3 is 0 Å². The number of aromatic hydroxyl groups is 2. The lowest BCUT2D eigenvalue weighted by molar-refractivity contribution is 0.103. The Morgan fingerprint density at radius 2 is 0.700 bits per heavy atom. The van der Waals surface area contributed by atoms with Crippen LogP contribution in [-0.2, 0) is 25.7 Å². The molecule has 0 aliphatic heterocycles. The third-order valence-electron chi connectivity index (χ3n) is 8.26. The van der Waals surface area contributed by atoms with E-state index in [-0.39, 0.29) is 5.78 Å². The van der Waals surface area contributed by atoms with Crippen LogP contribution in [-0.4, -0.2) is 16.0 Å². The van der Waals surface area contributed by atoms with Crippen molar-refractivity contribution in [3.8, 4) is 11.5 Å². The van der Waals surface area contributed by atoms with Crippen LogP contribution in [0.3, 0.4) is 0 Å². The van der Waals surface area contributed by atoms with Crippen LogP contribution in [0, 0.1) is 0 Å². The smallest absolute Gasteiger partial charge is 0.193 e. The first kappa shape index (κ1) is 33.9. The fraction of sp³-hybridized carbons (Fsp3) is 0.649. The van der Waals surface area contributed by atoms with E-state index in [1.165, 1.54) is 51.4 Å². The molecule has 0 unspecified atom stereocenters. The maximum atomic E-state index is 14.0. The number of carbonyl (C=O) groups is 1. The van der Waals surface area contributed by atoms with Crippen molar-refractivity contribution in [3.05, 3.63) is 57.6 Å². The fourth-order valence-electron chi connectivity index (χ4n) is 5.68. The van der Waals surface area contributed by atoms with Gasteiger partial charge in [0.1, 0.15) is 11.5 Å². The van der Waals surface area contributed by atoms with Gasteiger partial charge in [0.15, 0.2) is 5.78 Å². The van der Waals surface area contributed by atoms with Crippen LogP contribution in [0.15, 0.2) is 24.3 Å². The zero-order chi connectivity index (χ0) is 29.2. The predicted octanol–water partition coefficient (Wildman–Crippen LogP) is 10.8. The van der Waals surface area contributed by atoms with Gasteiger partial charge in [-0.1, -0.05) is 105 Å². The highest BCUT2D eigenvalue weighted by Crippen LogP contribution is 2.32. The molecule has 2 aromatic rings. The largest absolute Gasteiger partial charge is 0.507 e. The molecule has 0 fully saturated rings. The lowest BCUT2D eigenvalue weighted by Gasteiger charge is -2.16. The third kappa shape index (κ3) is 11.3. The predicted molar refractivity (Wildman–Crippen MR) is 171 cm³/mol. The quantitative estimate of drug-likeness (QED) is 0.113. The zero-order valence-corrected chi connectivity index (χ0v) is 26.3. The Morgan fingerprint density at radius 1 is 0.450 bits per heavy atom. The van der Waals surface area contributed by atoms with E-state index in [2.05, 4.69) is 27.7 Å². The highest BCUT2D eigenvalue weighted by atomic mass is 16.3. The Hall–Kier alpha value is -2.29. The van der Waals surface area contributed by atoms with Gasteiger partial charge in [0.25, 0.3) is 0 Å². The highest BCUT2D eigenvalue weighted by molar-refractivity contribution is 6.09. The molecule has 2 aromatic carbocycles. The van der Waals surface area contributed by atoms with E-state index in [0.29, 0.717) is 22.6 Å². The molecule has 0 aliphatic rings. The number of phenolic OH excluding ortho intramolecular Hbond substituents is 2. The molecule has 2 N–H and O–H groups in total. The second-order valence-electron chi connectivity index (χ2n) is 11.9. The third-order valence-corrected chi connectivity index (χ3v) is 8.26. The van der Waals surface area contributed by atoms with Crippen molar-refractivity contribution in [2.75, 3.05) is 0 Å². The molecule has 0 bridgehead atoms. The molecule has 3 heteroatoms. The normalized spacial score (nSPS) is 11.3. The van der Waals surface area contributed by atoms with Gasteiger partial charge in [-0.25, -0.2) is 0 Å². The lowest BCUT2D eigenvalue weighted by Crippen LogP contribution is -2.07. The van der Waals surface area contributed by atoms with Gasteiger partial charge in [0.05, 0.1) is 0 Å². The number of unbranched alkanes of at least 4 members (excludes halogenated alkanes) is 12. The number of ketones is 1. The van der Waals surface area contributed by atoms with Crippen LogP contribution in [0.25, 0.3) is 0 Å². The summed E-state index contributed by atoms with van der Waals surface area (Å²) in [6.45, 7) is 8.83. The first-order valence-electron chi connectivity index (χ1n) is 16.7. The average Bonchev–Trinajstić information content (AvgIpc) is 2.96. The molecule has 0 spiro atoms. The van der Waals surface area contributed by atoms with Crippen molar-refractivity contribution in [2.45, 2.75) is 156 Å². The van der Waals surface area contributed by atoms with Crippen molar-refractivity contribution >= 4 is 5.78 Å². The van der Waals surface area contributed by atoms with Crippen LogP contribution in [0.4, 0.5) is 0 Å². The number of aryl methyl sites for hydroxylation is 4. The van der Waals surface area contributed by atoms with E-state index >= 15 is 0 Å². The molecule has 3 nitrogen and oxygen atoms in total. The van der Waals surface area contributed by atoms with E-state index in [1.54, 1.807) is 0 Å². The molecule has 0 radical (unpaired) electrons. The second kappa shape index (κ2) is 19.7. The molecule has 0 aromatic heterocycles. The Morgan fingerprint density at radius 3 is 0.925 bits per heavy atom. The molecular formula is C37H58O3. The molecule has 0 saturated carbocycles. The minimum Gasteiger partial charge on any atom is -0.507 e. The van der Waals surface area contributed by atoms with E-state index in [0.717, 1.165) is 99.3 Å². The van der Waals surface area contributed by atoms with Gasteiger partial charge in [-0.3, -0.25) is 4.79 Å². The fourth-order valence-corrected chi connectivity index (χ4v) is 5.68. The minimum absolute atomic E-state index is 0.00855. The minimum atomic E-state index is 0.00855. The maximum Gasteiger partial charge on any atom is 0.193 e. The number of benzene rings is 2.